The standard InChI is InChI=1S/C25H29N4O6/c30-20-9-13-27(14-10-20)24(31)17-5-6-22(23(15-17)29(33)34)26-11-7-19(8-12-26)28-21-4-2-1-3-18(21)16-35-25(28)32/h1-6,15,19-20,30,33H,7-14,16H2/q-1/p+1. The Labute approximate surface area is 203 Å². The Bertz CT molecular complexity index is 1090. The summed E-state index contributed by atoms with van der Waals surface area (Å²) >= 11 is 0. The van der Waals surface area contributed by atoms with Crippen LogP contribution in [0.5, 0.6) is 0 Å². The van der Waals surface area contributed by atoms with Crippen molar-refractivity contribution >= 4 is 29.1 Å². The predicted octanol–water partition coefficient (Wildman–Crippen LogP) is 2.35. The molecular formula is C25H30N4O6. The van der Waals surface area contributed by atoms with Gasteiger partial charge < -0.3 is 30.1 Å². The molecule has 0 unspecified atom stereocenters. The van der Waals surface area contributed by atoms with Gasteiger partial charge in [0.15, 0.2) is 0 Å². The summed E-state index contributed by atoms with van der Waals surface area (Å²) in [5.41, 5.74) is 2.94. The third kappa shape index (κ3) is 4.64. The Morgan fingerprint density at radius 1 is 1.03 bits per heavy atom. The highest BCUT2D eigenvalue weighted by Gasteiger charge is 2.34. The highest BCUT2D eigenvalue weighted by molar-refractivity contribution is 5.96. The van der Waals surface area contributed by atoms with Crippen LogP contribution in [0.4, 0.5) is 21.9 Å². The van der Waals surface area contributed by atoms with Gasteiger partial charge in [0.2, 0.25) is 0 Å². The number of aliphatic hydroxyl groups is 1. The van der Waals surface area contributed by atoms with Crippen molar-refractivity contribution < 1.29 is 24.6 Å². The van der Waals surface area contributed by atoms with Gasteiger partial charge in [-0.1, -0.05) is 18.2 Å². The summed E-state index contributed by atoms with van der Waals surface area (Å²) < 4.78 is 5.37. The quantitative estimate of drug-likeness (QED) is 0.524. The molecule has 2 fully saturated rings. The smallest absolute Gasteiger partial charge is 0.414 e. The third-order valence-electron chi connectivity index (χ3n) is 7.16. The zero-order valence-corrected chi connectivity index (χ0v) is 19.4. The number of rotatable bonds is 4. The molecule has 3 N–H and O–H groups in total. The zero-order valence-electron chi connectivity index (χ0n) is 19.4. The van der Waals surface area contributed by atoms with Crippen LogP contribution in [0.25, 0.3) is 0 Å². The normalized spacial score (nSPS) is 19.4. The Balaban J connectivity index is 1.31. The minimum absolute atomic E-state index is 0.0293. The van der Waals surface area contributed by atoms with Gasteiger partial charge in [-0.15, -0.1) is 0 Å². The highest BCUT2D eigenvalue weighted by atomic mass is 16.8. The van der Waals surface area contributed by atoms with E-state index in [4.69, 9.17) is 9.94 Å². The molecule has 0 bridgehead atoms. The lowest BCUT2D eigenvalue weighted by atomic mass is 9.99. The molecule has 0 atom stereocenters. The van der Waals surface area contributed by atoms with E-state index in [1.165, 1.54) is 6.07 Å². The third-order valence-corrected chi connectivity index (χ3v) is 7.16. The van der Waals surface area contributed by atoms with Crippen LogP contribution in [-0.2, 0) is 11.3 Å². The van der Waals surface area contributed by atoms with Gasteiger partial charge >= 0.3 is 6.09 Å². The van der Waals surface area contributed by atoms with Gasteiger partial charge in [0, 0.05) is 43.3 Å². The van der Waals surface area contributed by atoms with Crippen molar-refractivity contribution in [1.29, 1.82) is 0 Å². The number of carbonyl (C=O) groups excluding carboxylic acids is 2. The van der Waals surface area contributed by atoms with E-state index >= 15 is 0 Å². The molecule has 3 heterocycles. The first-order chi connectivity index (χ1) is 16.9. The number of nitrogens with zero attached hydrogens (tertiary/aromatic N) is 4. The second-order valence-corrected chi connectivity index (χ2v) is 9.29. The predicted molar refractivity (Wildman–Crippen MR) is 131 cm³/mol. The molecule has 0 aromatic heterocycles. The number of hydrogen-bond acceptors (Lipinski definition) is 7. The van der Waals surface area contributed by atoms with E-state index in [-0.39, 0.29) is 41.7 Å². The van der Waals surface area contributed by atoms with Crippen LogP contribution in [0.15, 0.2) is 42.5 Å². The van der Waals surface area contributed by atoms with Crippen LogP contribution >= 0.6 is 0 Å². The van der Waals surface area contributed by atoms with Gasteiger partial charge in [-0.25, -0.2) is 4.79 Å². The number of fused-ring (bicyclic) bond motifs is 1. The summed E-state index contributed by atoms with van der Waals surface area (Å²) in [6.07, 6.45) is 1.70. The number of likely N-dealkylation sites (tertiary alicyclic amines) is 1. The lowest BCUT2D eigenvalue weighted by molar-refractivity contribution is 0.0546. The van der Waals surface area contributed by atoms with E-state index < -0.39 is 0 Å². The first-order valence-corrected chi connectivity index (χ1v) is 12.0. The summed E-state index contributed by atoms with van der Waals surface area (Å²) in [5, 5.41) is 29.6. The number of amides is 2. The summed E-state index contributed by atoms with van der Waals surface area (Å²) in [6, 6.07) is 12.6. The van der Waals surface area contributed by atoms with Gasteiger partial charge in [0.1, 0.15) is 12.3 Å². The van der Waals surface area contributed by atoms with Crippen molar-refractivity contribution in [2.24, 2.45) is 0 Å². The van der Waals surface area contributed by atoms with Gasteiger partial charge in [0.25, 0.3) is 5.91 Å². The van der Waals surface area contributed by atoms with Crippen LogP contribution in [0, 0.1) is 5.21 Å². The largest absolute Gasteiger partial charge is 0.694 e. The number of piperidine rings is 2. The maximum Gasteiger partial charge on any atom is 0.414 e. The van der Waals surface area contributed by atoms with Gasteiger partial charge in [-0.3, -0.25) is 9.69 Å². The molecule has 0 saturated carbocycles. The van der Waals surface area contributed by atoms with Gasteiger partial charge in [-0.05, 0) is 49.9 Å². The topological polar surface area (TPSA) is 123 Å². The number of para-hydroxylation sites is 1. The number of carbonyl (C=O) groups is 2. The Morgan fingerprint density at radius 3 is 2.46 bits per heavy atom. The number of hydrogen-bond donors (Lipinski definition) is 1. The van der Waals surface area contributed by atoms with E-state index in [1.54, 1.807) is 21.9 Å². The number of aliphatic hydroxyl groups excluding tert-OH is 1. The SMILES string of the molecule is O=C(c1ccc(N2CCC(N3C(=O)OCc4ccccc43)CC2)c(N([O-])[OH2+])c1)N1CCC(O)CC1. The van der Waals surface area contributed by atoms with Crippen molar-refractivity contribution in [3.63, 3.8) is 0 Å². The van der Waals surface area contributed by atoms with Crippen molar-refractivity contribution in [3.05, 3.63) is 58.8 Å². The Hall–Kier alpha value is -3.34. The van der Waals surface area contributed by atoms with Crippen LogP contribution in [0.1, 0.15) is 41.6 Å². The molecule has 2 saturated heterocycles. The monoisotopic (exact) mass is 482 g/mol. The van der Waals surface area contributed by atoms with E-state index in [2.05, 4.69) is 0 Å². The molecule has 186 valence electrons. The van der Waals surface area contributed by atoms with Crippen LogP contribution < -0.4 is 15.0 Å². The Kier molecular flexibility index (Phi) is 6.50. The Morgan fingerprint density at radius 2 is 1.74 bits per heavy atom. The molecule has 5 rings (SSSR count). The molecule has 0 aliphatic carbocycles. The van der Waals surface area contributed by atoms with E-state index in [0.29, 0.717) is 63.1 Å². The lowest BCUT2D eigenvalue weighted by Gasteiger charge is -2.41. The molecule has 2 aromatic rings. The molecule has 0 spiro atoms. The van der Waals surface area contributed by atoms with Crippen LogP contribution in [0.2, 0.25) is 0 Å². The second-order valence-electron chi connectivity index (χ2n) is 9.29. The molecule has 0 radical (unpaired) electrons. The van der Waals surface area contributed by atoms with Gasteiger partial charge in [0.05, 0.1) is 17.5 Å². The summed E-state index contributed by atoms with van der Waals surface area (Å²) in [4.78, 5) is 30.9. The second kappa shape index (κ2) is 9.73. The summed E-state index contributed by atoms with van der Waals surface area (Å²) in [5.74, 6) is -0.201. The van der Waals surface area contributed by atoms with Crippen LogP contribution in [0.3, 0.4) is 0 Å². The van der Waals surface area contributed by atoms with E-state index in [1.807, 2.05) is 29.2 Å². The number of anilines is 3. The fraction of sp³-hybridized carbons (Fsp3) is 0.440. The molecule has 3 aliphatic rings. The van der Waals surface area contributed by atoms with Crippen LogP contribution in [-0.4, -0.2) is 65.5 Å². The number of cyclic esters (lactones) is 1. The summed E-state index contributed by atoms with van der Waals surface area (Å²) in [7, 11) is 0. The maximum absolute atomic E-state index is 12.9. The van der Waals surface area contributed by atoms with Crippen molar-refractivity contribution in [3.8, 4) is 0 Å². The highest BCUT2D eigenvalue weighted by Crippen LogP contribution is 2.36. The number of benzene rings is 2. The molecule has 2 amide bonds. The first-order valence-electron chi connectivity index (χ1n) is 12.0. The van der Waals surface area contributed by atoms with E-state index in [9.17, 15) is 19.9 Å². The fourth-order valence-electron chi connectivity index (χ4n) is 5.22. The maximum atomic E-state index is 12.9. The average Bonchev–Trinajstić information content (AvgIpc) is 2.88. The van der Waals surface area contributed by atoms with Crippen molar-refractivity contribution in [2.75, 3.05) is 41.2 Å². The first kappa shape index (κ1) is 23.4. The fourth-order valence-corrected chi connectivity index (χ4v) is 5.22. The zero-order chi connectivity index (χ0) is 24.5. The lowest BCUT2D eigenvalue weighted by Crippen LogP contribution is -2.49. The number of ether oxygens (including phenoxy) is 1. The van der Waals surface area contributed by atoms with Gasteiger partial charge in [-0.2, -0.15) is 5.23 Å². The minimum atomic E-state index is -0.384. The molecule has 2 aromatic carbocycles. The van der Waals surface area contributed by atoms with E-state index in [0.717, 1.165) is 11.3 Å². The van der Waals surface area contributed by atoms with Crippen molar-refractivity contribution in [1.82, 2.24) is 4.90 Å². The molecular weight excluding hydrogens is 452 g/mol. The minimum Gasteiger partial charge on any atom is -0.694 e. The molecule has 10 heteroatoms. The molecule has 35 heavy (non-hydrogen) atoms. The summed E-state index contributed by atoms with van der Waals surface area (Å²) in [6.45, 7) is 2.40. The average molecular weight is 483 g/mol. The van der Waals surface area contributed by atoms with Crippen molar-refractivity contribution in [2.45, 2.75) is 44.4 Å². The molecule has 10 nitrogen and oxygen atoms in total. The molecule has 3 aliphatic heterocycles.